The predicted octanol–water partition coefficient (Wildman–Crippen LogP) is 1.70. The Bertz CT molecular complexity index is 154. The van der Waals surface area contributed by atoms with Crippen LogP contribution >= 0.6 is 0 Å². The van der Waals surface area contributed by atoms with Crippen molar-refractivity contribution in [3.8, 4) is 12.1 Å². The van der Waals surface area contributed by atoms with Crippen LogP contribution in [0.2, 0.25) is 0 Å². The molecule has 2 nitrogen and oxygen atoms in total. The molecule has 0 bridgehead atoms. The van der Waals surface area contributed by atoms with Gasteiger partial charge >= 0.3 is 0 Å². The van der Waals surface area contributed by atoms with Gasteiger partial charge in [-0.2, -0.15) is 10.5 Å². The maximum atomic E-state index is 8.48. The highest BCUT2D eigenvalue weighted by atomic mass is 14.4. The molecule has 0 atom stereocenters. The van der Waals surface area contributed by atoms with Crippen molar-refractivity contribution >= 4 is 0 Å². The first kappa shape index (κ1) is 7.98. The van der Waals surface area contributed by atoms with E-state index in [4.69, 9.17) is 10.5 Å². The zero-order valence-corrected chi connectivity index (χ0v) is 5.97. The van der Waals surface area contributed by atoms with Crippen molar-refractivity contribution in [2.45, 2.75) is 20.8 Å². The molecule has 0 aliphatic carbocycles. The topological polar surface area (TPSA) is 47.6 Å². The van der Waals surface area contributed by atoms with Crippen molar-refractivity contribution in [2.24, 2.45) is 11.3 Å². The van der Waals surface area contributed by atoms with E-state index in [-0.39, 0.29) is 5.92 Å². The van der Waals surface area contributed by atoms with Gasteiger partial charge in [-0.3, -0.25) is 0 Å². The normalized spacial score (nSPS) is 10.4. The largest absolute Gasteiger partial charge is 0.197 e. The molecule has 0 spiro atoms. The van der Waals surface area contributed by atoms with Gasteiger partial charge in [0.05, 0.1) is 12.1 Å². The quantitative estimate of drug-likeness (QED) is 0.531. The van der Waals surface area contributed by atoms with Crippen LogP contribution in [0.15, 0.2) is 0 Å². The van der Waals surface area contributed by atoms with Gasteiger partial charge in [-0.05, 0) is 12.8 Å². The molecule has 0 N–H and O–H groups in total. The smallest absolute Gasteiger partial charge is 0.143 e. The molecule has 0 radical (unpaired) electrons. The van der Waals surface area contributed by atoms with Crippen LogP contribution in [0.1, 0.15) is 20.8 Å². The summed E-state index contributed by atoms with van der Waals surface area (Å²) < 4.78 is 0. The molecule has 0 rings (SSSR count). The Balaban J connectivity index is 4.39. The molecule has 9 heavy (non-hydrogen) atoms. The number of hydrogen-bond donors (Lipinski definition) is 0. The summed E-state index contributed by atoms with van der Waals surface area (Å²) in [6.45, 7) is 5.39. The first-order valence-corrected chi connectivity index (χ1v) is 2.89. The summed E-state index contributed by atoms with van der Waals surface area (Å²) in [6, 6.07) is 3.93. The van der Waals surface area contributed by atoms with Gasteiger partial charge in [-0.25, -0.2) is 0 Å². The molecule has 0 amide bonds. The third-order valence-electron chi connectivity index (χ3n) is 1.62. The minimum Gasteiger partial charge on any atom is -0.197 e. The Hall–Kier alpha value is -1.02. The van der Waals surface area contributed by atoms with Gasteiger partial charge in [-0.15, -0.1) is 0 Å². The molecule has 0 aromatic carbocycles. The molecular formula is C7H10N2. The van der Waals surface area contributed by atoms with Crippen molar-refractivity contribution in [1.82, 2.24) is 0 Å². The summed E-state index contributed by atoms with van der Waals surface area (Å²) in [5.74, 6) is 0.104. The molecule has 0 aromatic rings. The van der Waals surface area contributed by atoms with Crippen LogP contribution in [0.4, 0.5) is 0 Å². The zero-order valence-electron chi connectivity index (χ0n) is 5.97. The molecule has 0 heterocycles. The molecule has 0 aliphatic rings. The average Bonchev–Trinajstić information content (AvgIpc) is 1.86. The summed E-state index contributed by atoms with van der Waals surface area (Å²) in [4.78, 5) is 0. The Morgan fingerprint density at radius 3 is 1.56 bits per heavy atom. The maximum absolute atomic E-state index is 8.48. The maximum Gasteiger partial charge on any atom is 0.143 e. The van der Waals surface area contributed by atoms with Crippen LogP contribution in [-0.2, 0) is 0 Å². The minimum absolute atomic E-state index is 0.104. The fourth-order valence-electron chi connectivity index (χ4n) is 0.283. The second-order valence-electron chi connectivity index (χ2n) is 2.58. The Morgan fingerprint density at radius 1 is 1.22 bits per heavy atom. The van der Waals surface area contributed by atoms with Crippen molar-refractivity contribution in [3.63, 3.8) is 0 Å². The lowest BCUT2D eigenvalue weighted by molar-refractivity contribution is 0.407. The average molecular weight is 122 g/mol. The second kappa shape index (κ2) is 2.51. The molecule has 2 heteroatoms. The first-order chi connectivity index (χ1) is 4.06. The van der Waals surface area contributed by atoms with E-state index in [2.05, 4.69) is 0 Å². The molecule has 0 aliphatic heterocycles. The van der Waals surface area contributed by atoms with Gasteiger partial charge in [0, 0.05) is 0 Å². The van der Waals surface area contributed by atoms with Crippen molar-refractivity contribution < 1.29 is 0 Å². The summed E-state index contributed by atoms with van der Waals surface area (Å²) in [5, 5.41) is 17.0. The van der Waals surface area contributed by atoms with Crippen LogP contribution in [0.25, 0.3) is 0 Å². The molecule has 0 fully saturated rings. The predicted molar refractivity (Wildman–Crippen MR) is 34.2 cm³/mol. The lowest BCUT2D eigenvalue weighted by Gasteiger charge is -2.15. The van der Waals surface area contributed by atoms with E-state index < -0.39 is 5.41 Å². The molecule has 48 valence electrons. The van der Waals surface area contributed by atoms with E-state index in [0.29, 0.717) is 0 Å². The fraction of sp³-hybridized carbons (Fsp3) is 0.714. The van der Waals surface area contributed by atoms with E-state index in [1.807, 2.05) is 26.0 Å². The third-order valence-corrected chi connectivity index (χ3v) is 1.62. The first-order valence-electron chi connectivity index (χ1n) is 2.89. The summed E-state index contributed by atoms with van der Waals surface area (Å²) in [7, 11) is 0. The van der Waals surface area contributed by atoms with Gasteiger partial charge in [0.15, 0.2) is 0 Å². The van der Waals surface area contributed by atoms with E-state index in [0.717, 1.165) is 0 Å². The second-order valence-corrected chi connectivity index (χ2v) is 2.58. The fourth-order valence-corrected chi connectivity index (χ4v) is 0.283. The Morgan fingerprint density at radius 2 is 1.56 bits per heavy atom. The van der Waals surface area contributed by atoms with Gasteiger partial charge in [0.2, 0.25) is 0 Å². The standard InChI is InChI=1S/C7H10N2/c1-6(2)7(3,4-8)5-9/h6H,1-3H3. The SMILES string of the molecule is CC(C)C(C)(C#N)C#N. The van der Waals surface area contributed by atoms with Crippen LogP contribution in [0.5, 0.6) is 0 Å². The van der Waals surface area contributed by atoms with Crippen LogP contribution in [0, 0.1) is 34.0 Å². The number of rotatable bonds is 1. The van der Waals surface area contributed by atoms with E-state index in [1.165, 1.54) is 0 Å². The molecule has 0 saturated carbocycles. The van der Waals surface area contributed by atoms with Gasteiger partial charge in [0.1, 0.15) is 5.41 Å². The van der Waals surface area contributed by atoms with Crippen LogP contribution in [0.3, 0.4) is 0 Å². The highest BCUT2D eigenvalue weighted by Crippen LogP contribution is 2.23. The lowest BCUT2D eigenvalue weighted by atomic mass is 9.82. The Labute approximate surface area is 55.7 Å². The van der Waals surface area contributed by atoms with Crippen LogP contribution in [-0.4, -0.2) is 0 Å². The Kier molecular flexibility index (Phi) is 2.22. The lowest BCUT2D eigenvalue weighted by Crippen LogP contribution is -2.18. The molecule has 0 unspecified atom stereocenters. The molecule has 0 aromatic heterocycles. The third kappa shape index (κ3) is 1.44. The summed E-state index contributed by atoms with van der Waals surface area (Å²) in [6.07, 6.45) is 0. The van der Waals surface area contributed by atoms with E-state index in [1.54, 1.807) is 6.92 Å². The van der Waals surface area contributed by atoms with Crippen molar-refractivity contribution in [3.05, 3.63) is 0 Å². The van der Waals surface area contributed by atoms with Crippen LogP contribution < -0.4 is 0 Å². The summed E-state index contributed by atoms with van der Waals surface area (Å²) in [5.41, 5.74) is -0.806. The highest BCUT2D eigenvalue weighted by Gasteiger charge is 2.27. The number of hydrogen-bond acceptors (Lipinski definition) is 2. The molecular weight excluding hydrogens is 112 g/mol. The summed E-state index contributed by atoms with van der Waals surface area (Å²) >= 11 is 0. The highest BCUT2D eigenvalue weighted by molar-refractivity contribution is 5.12. The van der Waals surface area contributed by atoms with E-state index >= 15 is 0 Å². The number of nitriles is 2. The van der Waals surface area contributed by atoms with Crippen molar-refractivity contribution in [1.29, 1.82) is 10.5 Å². The van der Waals surface area contributed by atoms with Gasteiger partial charge < -0.3 is 0 Å². The zero-order chi connectivity index (χ0) is 7.49. The monoisotopic (exact) mass is 122 g/mol. The van der Waals surface area contributed by atoms with Gasteiger partial charge in [0.25, 0.3) is 0 Å². The minimum atomic E-state index is -0.806. The van der Waals surface area contributed by atoms with Gasteiger partial charge in [-0.1, -0.05) is 13.8 Å². The molecule has 0 saturated heterocycles. The van der Waals surface area contributed by atoms with E-state index in [9.17, 15) is 0 Å². The van der Waals surface area contributed by atoms with Crippen molar-refractivity contribution in [2.75, 3.05) is 0 Å². The number of nitrogens with zero attached hydrogens (tertiary/aromatic N) is 2.